The Labute approximate surface area is 136 Å². The van der Waals surface area contributed by atoms with Gasteiger partial charge in [0.15, 0.2) is 11.6 Å². The molecule has 0 spiro atoms. The van der Waals surface area contributed by atoms with Crippen LogP contribution < -0.4 is 10.5 Å². The molecule has 0 atom stereocenters. The number of benzene rings is 2. The van der Waals surface area contributed by atoms with E-state index in [2.05, 4.69) is 27.7 Å². The number of nitrogens with two attached hydrogens (primary N) is 1. The first-order valence-electron chi connectivity index (χ1n) is 6.36. The van der Waals surface area contributed by atoms with Crippen LogP contribution in [0.5, 0.6) is 5.75 Å². The number of hydrogen-bond acceptors (Lipinski definition) is 4. The van der Waals surface area contributed by atoms with Crippen LogP contribution in [0.3, 0.4) is 0 Å². The molecule has 0 saturated carbocycles. The summed E-state index contributed by atoms with van der Waals surface area (Å²) >= 11 is 2.27. The van der Waals surface area contributed by atoms with Gasteiger partial charge in [-0.05, 0) is 34.7 Å². The molecule has 0 unspecified atom stereocenters. The second-order valence-corrected chi connectivity index (χ2v) is 5.61. The lowest BCUT2D eigenvalue weighted by atomic mass is 10.0. The first-order valence-corrected chi connectivity index (χ1v) is 7.43. The highest BCUT2D eigenvalue weighted by atomic mass is 127. The maximum absolute atomic E-state index is 6.02. The quantitative estimate of drug-likeness (QED) is 0.679. The molecule has 3 aromatic rings. The number of ether oxygens (including phenoxy) is 1. The summed E-state index contributed by atoms with van der Waals surface area (Å²) in [6.45, 7) is 0. The van der Waals surface area contributed by atoms with Crippen molar-refractivity contribution >= 4 is 28.4 Å². The third-order valence-electron chi connectivity index (χ3n) is 3.21. The Bertz CT molecular complexity index is 783. The largest absolute Gasteiger partial charge is 0.496 e. The molecule has 1 heterocycles. The monoisotopic (exact) mass is 392 g/mol. The van der Waals surface area contributed by atoms with Crippen LogP contribution in [0.15, 0.2) is 53.1 Å². The minimum absolute atomic E-state index is 0.356. The van der Waals surface area contributed by atoms with Crippen LogP contribution in [0.25, 0.3) is 22.5 Å². The van der Waals surface area contributed by atoms with E-state index in [1.165, 1.54) is 0 Å². The number of nitrogen functional groups attached to an aromatic ring is 1. The van der Waals surface area contributed by atoms with Crippen molar-refractivity contribution in [3.05, 3.63) is 52.1 Å². The van der Waals surface area contributed by atoms with Crippen molar-refractivity contribution in [3.63, 3.8) is 0 Å². The zero-order valence-electron chi connectivity index (χ0n) is 11.3. The molecule has 0 aliphatic heterocycles. The Morgan fingerprint density at radius 2 is 1.71 bits per heavy atom. The van der Waals surface area contributed by atoms with E-state index in [1.54, 1.807) is 7.11 Å². The fourth-order valence-electron chi connectivity index (χ4n) is 2.24. The Hall–Kier alpha value is -2.02. The first kappa shape index (κ1) is 13.9. The third kappa shape index (κ3) is 2.49. The van der Waals surface area contributed by atoms with E-state index < -0.39 is 0 Å². The molecular formula is C16H13IN2O2. The van der Waals surface area contributed by atoms with Gasteiger partial charge in [-0.1, -0.05) is 41.6 Å². The van der Waals surface area contributed by atoms with E-state index in [0.717, 1.165) is 26.0 Å². The van der Waals surface area contributed by atoms with E-state index in [4.69, 9.17) is 15.0 Å². The zero-order chi connectivity index (χ0) is 14.8. The van der Waals surface area contributed by atoms with Gasteiger partial charge in [0.05, 0.1) is 12.7 Å². The van der Waals surface area contributed by atoms with Crippen molar-refractivity contribution in [2.24, 2.45) is 0 Å². The van der Waals surface area contributed by atoms with Crippen LogP contribution in [0.2, 0.25) is 0 Å². The summed E-state index contributed by atoms with van der Waals surface area (Å²) in [7, 11) is 1.63. The second-order valence-electron chi connectivity index (χ2n) is 4.45. The predicted octanol–water partition coefficient (Wildman–Crippen LogP) is 4.20. The average Bonchev–Trinajstić information content (AvgIpc) is 2.89. The van der Waals surface area contributed by atoms with Crippen LogP contribution in [-0.2, 0) is 0 Å². The fraction of sp³-hybridized carbons (Fsp3) is 0.0625. The molecule has 21 heavy (non-hydrogen) atoms. The lowest BCUT2D eigenvalue weighted by molar-refractivity contribution is 0.416. The molecule has 0 bridgehead atoms. The van der Waals surface area contributed by atoms with Crippen LogP contribution in [0.4, 0.5) is 5.82 Å². The van der Waals surface area contributed by atoms with E-state index in [9.17, 15) is 0 Å². The molecule has 106 valence electrons. The highest BCUT2D eigenvalue weighted by Crippen LogP contribution is 2.41. The highest BCUT2D eigenvalue weighted by Gasteiger charge is 2.21. The van der Waals surface area contributed by atoms with Gasteiger partial charge in [-0.2, -0.15) is 0 Å². The predicted molar refractivity (Wildman–Crippen MR) is 91.1 cm³/mol. The van der Waals surface area contributed by atoms with E-state index in [0.29, 0.717) is 11.6 Å². The van der Waals surface area contributed by atoms with E-state index in [-0.39, 0.29) is 0 Å². The summed E-state index contributed by atoms with van der Waals surface area (Å²) in [5.74, 6) is 1.75. The zero-order valence-corrected chi connectivity index (χ0v) is 13.5. The summed E-state index contributed by atoms with van der Waals surface area (Å²) in [5, 5.41) is 3.93. The lowest BCUT2D eigenvalue weighted by Crippen LogP contribution is -1.93. The van der Waals surface area contributed by atoms with Crippen molar-refractivity contribution in [1.82, 2.24) is 5.16 Å². The molecular weight excluding hydrogens is 379 g/mol. The van der Waals surface area contributed by atoms with Crippen molar-refractivity contribution in [2.45, 2.75) is 0 Å². The molecule has 0 saturated heterocycles. The fourth-order valence-corrected chi connectivity index (χ4v) is 2.88. The van der Waals surface area contributed by atoms with Gasteiger partial charge in [0.2, 0.25) is 0 Å². The summed E-state index contributed by atoms with van der Waals surface area (Å²) in [4.78, 5) is 0. The van der Waals surface area contributed by atoms with Crippen LogP contribution in [0.1, 0.15) is 0 Å². The molecule has 0 amide bonds. The standard InChI is InChI=1S/C16H13IN2O2/c1-20-13-9-5-3-7-11(13)14-15(21-19-16(14)18)10-6-2-4-8-12(10)17/h2-9H,1H3,(H2,18,19). The summed E-state index contributed by atoms with van der Waals surface area (Å²) < 4.78 is 12.0. The molecule has 3 rings (SSSR count). The second kappa shape index (κ2) is 5.77. The molecule has 5 heteroatoms. The third-order valence-corrected chi connectivity index (χ3v) is 4.15. The number of rotatable bonds is 3. The number of aromatic nitrogens is 1. The molecule has 1 aromatic heterocycles. The summed E-state index contributed by atoms with van der Waals surface area (Å²) in [6.07, 6.45) is 0. The Kier molecular flexibility index (Phi) is 3.83. The van der Waals surface area contributed by atoms with Gasteiger partial charge >= 0.3 is 0 Å². The number of hydrogen-bond donors (Lipinski definition) is 1. The van der Waals surface area contributed by atoms with Crippen LogP contribution in [0, 0.1) is 3.57 Å². The first-order chi connectivity index (χ1) is 10.2. The Balaban J connectivity index is 2.25. The van der Waals surface area contributed by atoms with Gasteiger partial charge in [0.1, 0.15) is 5.75 Å². The van der Waals surface area contributed by atoms with Crippen molar-refractivity contribution < 1.29 is 9.26 Å². The molecule has 0 aliphatic rings. The van der Waals surface area contributed by atoms with Gasteiger partial charge in [0, 0.05) is 14.7 Å². The van der Waals surface area contributed by atoms with E-state index in [1.807, 2.05) is 48.5 Å². The normalized spacial score (nSPS) is 10.6. The Morgan fingerprint density at radius 3 is 2.43 bits per heavy atom. The topological polar surface area (TPSA) is 61.3 Å². The van der Waals surface area contributed by atoms with Gasteiger partial charge in [-0.25, -0.2) is 0 Å². The van der Waals surface area contributed by atoms with Crippen LogP contribution in [-0.4, -0.2) is 12.3 Å². The molecule has 0 radical (unpaired) electrons. The van der Waals surface area contributed by atoms with Gasteiger partial charge in [0.25, 0.3) is 0 Å². The molecule has 2 N–H and O–H groups in total. The number of anilines is 1. The van der Waals surface area contributed by atoms with Gasteiger partial charge in [-0.3, -0.25) is 0 Å². The maximum Gasteiger partial charge on any atom is 0.178 e. The van der Waals surface area contributed by atoms with Crippen molar-refractivity contribution in [1.29, 1.82) is 0 Å². The number of halogens is 1. The smallest absolute Gasteiger partial charge is 0.178 e. The number of nitrogens with zero attached hydrogens (tertiary/aromatic N) is 1. The van der Waals surface area contributed by atoms with Crippen LogP contribution >= 0.6 is 22.6 Å². The molecule has 0 fully saturated rings. The molecule has 0 aliphatic carbocycles. The minimum atomic E-state index is 0.356. The summed E-state index contributed by atoms with van der Waals surface area (Å²) in [6, 6.07) is 15.6. The maximum atomic E-state index is 6.02. The molecule has 2 aromatic carbocycles. The number of para-hydroxylation sites is 1. The SMILES string of the molecule is COc1ccccc1-c1c(N)noc1-c1ccccc1I. The number of methoxy groups -OCH3 is 1. The van der Waals surface area contributed by atoms with Gasteiger partial charge < -0.3 is 15.0 Å². The molecule has 4 nitrogen and oxygen atoms in total. The minimum Gasteiger partial charge on any atom is -0.496 e. The average molecular weight is 392 g/mol. The van der Waals surface area contributed by atoms with Crippen molar-refractivity contribution in [3.8, 4) is 28.2 Å². The lowest BCUT2D eigenvalue weighted by Gasteiger charge is -2.09. The van der Waals surface area contributed by atoms with Crippen molar-refractivity contribution in [2.75, 3.05) is 12.8 Å². The van der Waals surface area contributed by atoms with E-state index >= 15 is 0 Å². The summed E-state index contributed by atoms with van der Waals surface area (Å²) in [5.41, 5.74) is 8.61. The Morgan fingerprint density at radius 1 is 1.05 bits per heavy atom. The van der Waals surface area contributed by atoms with Gasteiger partial charge in [-0.15, -0.1) is 0 Å². The highest BCUT2D eigenvalue weighted by molar-refractivity contribution is 14.1.